The number of methoxy groups -OCH3 is 1. The van der Waals surface area contributed by atoms with Crippen LogP contribution in [0.3, 0.4) is 0 Å². The lowest BCUT2D eigenvalue weighted by Gasteiger charge is -2.01. The maximum Gasteiger partial charge on any atom is 0.373 e. The molecule has 0 saturated heterocycles. The van der Waals surface area contributed by atoms with Crippen molar-refractivity contribution in [3.05, 3.63) is 29.5 Å². The zero-order valence-corrected chi connectivity index (χ0v) is 10.6. The average Bonchev–Trinajstić information content (AvgIpc) is 3.05. The molecule has 0 unspecified atom stereocenters. The molecule has 9 heteroatoms. The number of aryl methyl sites for hydroxylation is 1. The molecule has 2 aromatic rings. The molecule has 2 heterocycles. The first-order valence-corrected chi connectivity index (χ1v) is 5.74. The summed E-state index contributed by atoms with van der Waals surface area (Å²) in [5.74, 6) is -0.509. The second kappa shape index (κ2) is 5.95. The summed E-state index contributed by atoms with van der Waals surface area (Å²) in [4.78, 5) is 21.8. The van der Waals surface area contributed by atoms with E-state index in [1.54, 1.807) is 6.07 Å². The Morgan fingerprint density at radius 1 is 1.45 bits per heavy atom. The summed E-state index contributed by atoms with van der Waals surface area (Å²) in [5.41, 5.74) is 0. The fourth-order valence-electron chi connectivity index (χ4n) is 1.56. The van der Waals surface area contributed by atoms with E-state index in [1.807, 2.05) is 0 Å². The molecule has 0 radical (unpaired) electrons. The first-order chi connectivity index (χ1) is 9.60. The van der Waals surface area contributed by atoms with E-state index >= 15 is 0 Å². The van der Waals surface area contributed by atoms with E-state index in [0.717, 1.165) is 0 Å². The monoisotopic (exact) mass is 280 g/mol. The summed E-state index contributed by atoms with van der Waals surface area (Å²) in [7, 11) is 1.26. The molecule has 1 N–H and O–H groups in total. The number of carbonyl (C=O) groups excluding carboxylic acids is 1. The number of esters is 1. The van der Waals surface area contributed by atoms with Gasteiger partial charge < -0.3 is 14.3 Å². The number of aromatic nitrogens is 4. The van der Waals surface area contributed by atoms with Crippen LogP contribution in [0.25, 0.3) is 0 Å². The van der Waals surface area contributed by atoms with Gasteiger partial charge in [0.15, 0.2) is 5.82 Å². The predicted molar refractivity (Wildman–Crippen MR) is 62.9 cm³/mol. The van der Waals surface area contributed by atoms with E-state index in [-0.39, 0.29) is 25.1 Å². The van der Waals surface area contributed by atoms with Gasteiger partial charge in [0.2, 0.25) is 5.76 Å². The third-order valence-corrected chi connectivity index (χ3v) is 2.52. The number of ether oxygens (including phenoxy) is 1. The molecule has 2 aromatic heterocycles. The second-order valence-corrected chi connectivity index (χ2v) is 3.90. The molecule has 20 heavy (non-hydrogen) atoms. The molecule has 9 nitrogen and oxygen atoms in total. The number of hydrogen-bond donors (Lipinski definition) is 1. The SMILES string of the molecule is COC(=O)c1ccc(Cn2nnnc2CCC(=O)O)o1. The average molecular weight is 280 g/mol. The van der Waals surface area contributed by atoms with Gasteiger partial charge in [-0.05, 0) is 22.6 Å². The Labute approximate surface area is 113 Å². The normalized spacial score (nSPS) is 10.4. The number of hydrogen-bond acceptors (Lipinski definition) is 7. The largest absolute Gasteiger partial charge is 0.481 e. The van der Waals surface area contributed by atoms with Gasteiger partial charge in [-0.2, -0.15) is 0 Å². The summed E-state index contributed by atoms with van der Waals surface area (Å²) in [5, 5.41) is 19.6. The molecule has 0 fully saturated rings. The number of carbonyl (C=O) groups is 2. The van der Waals surface area contributed by atoms with Crippen LogP contribution in [-0.4, -0.2) is 44.4 Å². The highest BCUT2D eigenvalue weighted by molar-refractivity contribution is 5.86. The van der Waals surface area contributed by atoms with E-state index in [4.69, 9.17) is 9.52 Å². The van der Waals surface area contributed by atoms with Gasteiger partial charge in [0.25, 0.3) is 0 Å². The molecule has 2 rings (SSSR count). The van der Waals surface area contributed by atoms with E-state index in [0.29, 0.717) is 11.6 Å². The first kappa shape index (κ1) is 13.7. The zero-order chi connectivity index (χ0) is 14.5. The van der Waals surface area contributed by atoms with E-state index < -0.39 is 11.9 Å². The van der Waals surface area contributed by atoms with Gasteiger partial charge in [-0.1, -0.05) is 0 Å². The number of rotatable bonds is 6. The maximum absolute atomic E-state index is 11.2. The van der Waals surface area contributed by atoms with Gasteiger partial charge in [0.1, 0.15) is 12.3 Å². The van der Waals surface area contributed by atoms with Crippen LogP contribution in [0.5, 0.6) is 0 Å². The second-order valence-electron chi connectivity index (χ2n) is 3.90. The maximum atomic E-state index is 11.2. The molecule has 0 aliphatic heterocycles. The standard InChI is InChI=1S/C11H12N4O5/c1-19-11(18)8-3-2-7(20-8)6-15-9(12-13-14-15)4-5-10(16)17/h2-3H,4-6H2,1H3,(H,16,17). The molecule has 0 amide bonds. The van der Waals surface area contributed by atoms with Gasteiger partial charge in [-0.25, -0.2) is 9.48 Å². The fourth-order valence-corrected chi connectivity index (χ4v) is 1.56. The summed E-state index contributed by atoms with van der Waals surface area (Å²) in [6.45, 7) is 0.207. The van der Waals surface area contributed by atoms with Crippen molar-refractivity contribution < 1.29 is 23.8 Å². The highest BCUT2D eigenvalue weighted by atomic mass is 16.5. The number of carboxylic acids is 1. The van der Waals surface area contributed by atoms with E-state index in [9.17, 15) is 9.59 Å². The molecule has 0 spiro atoms. The molecule has 0 aromatic carbocycles. The van der Waals surface area contributed by atoms with E-state index in [1.165, 1.54) is 17.9 Å². The minimum absolute atomic E-state index is 0.0636. The lowest BCUT2D eigenvalue weighted by atomic mass is 10.3. The Balaban J connectivity index is 2.06. The third kappa shape index (κ3) is 3.19. The van der Waals surface area contributed by atoms with Crippen molar-refractivity contribution in [2.45, 2.75) is 19.4 Å². The fraction of sp³-hybridized carbons (Fsp3) is 0.364. The smallest absolute Gasteiger partial charge is 0.373 e. The predicted octanol–water partition coefficient (Wildman–Crippen LogP) is 0.118. The first-order valence-electron chi connectivity index (χ1n) is 5.74. The van der Waals surface area contributed by atoms with Crippen molar-refractivity contribution in [1.82, 2.24) is 20.2 Å². The third-order valence-electron chi connectivity index (χ3n) is 2.52. The number of carboxylic acid groups (broad SMARTS) is 1. The molecule has 0 aliphatic rings. The molecule has 0 atom stereocenters. The molecule has 0 bridgehead atoms. The van der Waals surface area contributed by atoms with Crippen LogP contribution >= 0.6 is 0 Å². The summed E-state index contributed by atoms with van der Waals surface area (Å²) >= 11 is 0. The number of furan rings is 1. The van der Waals surface area contributed by atoms with Crippen molar-refractivity contribution in [3.8, 4) is 0 Å². The van der Waals surface area contributed by atoms with Crippen molar-refractivity contribution in [1.29, 1.82) is 0 Å². The Morgan fingerprint density at radius 3 is 2.95 bits per heavy atom. The van der Waals surface area contributed by atoms with Crippen molar-refractivity contribution in [2.75, 3.05) is 7.11 Å². The minimum atomic E-state index is -0.925. The van der Waals surface area contributed by atoms with Gasteiger partial charge in [0, 0.05) is 6.42 Å². The molecule has 0 saturated carbocycles. The van der Waals surface area contributed by atoms with Crippen LogP contribution in [0.1, 0.15) is 28.6 Å². The minimum Gasteiger partial charge on any atom is -0.481 e. The molecular weight excluding hydrogens is 268 g/mol. The Bertz CT molecular complexity index is 618. The van der Waals surface area contributed by atoms with Gasteiger partial charge in [0.05, 0.1) is 13.5 Å². The molecule has 106 valence electrons. The Hall–Kier alpha value is -2.71. The van der Waals surface area contributed by atoms with Crippen molar-refractivity contribution >= 4 is 11.9 Å². The van der Waals surface area contributed by atoms with Gasteiger partial charge in [-0.15, -0.1) is 5.10 Å². The number of tetrazole rings is 1. The Kier molecular flexibility index (Phi) is 4.08. The van der Waals surface area contributed by atoms with Crippen LogP contribution in [0.2, 0.25) is 0 Å². The summed E-state index contributed by atoms with van der Waals surface area (Å²) in [6, 6.07) is 3.09. The van der Waals surface area contributed by atoms with Gasteiger partial charge >= 0.3 is 11.9 Å². The highest BCUT2D eigenvalue weighted by Gasteiger charge is 2.14. The zero-order valence-electron chi connectivity index (χ0n) is 10.6. The Morgan fingerprint density at radius 2 is 2.25 bits per heavy atom. The van der Waals surface area contributed by atoms with E-state index in [2.05, 4.69) is 20.3 Å². The molecule has 0 aliphatic carbocycles. The highest BCUT2D eigenvalue weighted by Crippen LogP contribution is 2.11. The van der Waals surface area contributed by atoms with Crippen LogP contribution in [0, 0.1) is 0 Å². The van der Waals surface area contributed by atoms with Crippen LogP contribution in [0.4, 0.5) is 0 Å². The quantitative estimate of drug-likeness (QED) is 0.740. The van der Waals surface area contributed by atoms with Crippen molar-refractivity contribution in [3.63, 3.8) is 0 Å². The van der Waals surface area contributed by atoms with Crippen molar-refractivity contribution in [2.24, 2.45) is 0 Å². The number of aliphatic carboxylic acids is 1. The van der Waals surface area contributed by atoms with Gasteiger partial charge in [-0.3, -0.25) is 4.79 Å². The summed E-state index contributed by atoms with van der Waals surface area (Å²) < 4.78 is 11.2. The van der Waals surface area contributed by atoms with Crippen LogP contribution < -0.4 is 0 Å². The lowest BCUT2D eigenvalue weighted by Crippen LogP contribution is -2.09. The lowest BCUT2D eigenvalue weighted by molar-refractivity contribution is -0.137. The van der Waals surface area contributed by atoms with Crippen LogP contribution in [-0.2, 0) is 22.5 Å². The summed E-state index contributed by atoms with van der Waals surface area (Å²) in [6.07, 6.45) is 0.152. The molecular formula is C11H12N4O5. The topological polar surface area (TPSA) is 120 Å². The number of nitrogens with zero attached hydrogens (tertiary/aromatic N) is 4. The van der Waals surface area contributed by atoms with Crippen LogP contribution in [0.15, 0.2) is 16.5 Å².